The van der Waals surface area contributed by atoms with Gasteiger partial charge in [-0.15, -0.1) is 0 Å². The minimum Gasteiger partial charge on any atom is -0.308 e. The molecule has 1 aromatic carbocycles. The zero-order valence-corrected chi connectivity index (χ0v) is 17.1. The Morgan fingerprint density at radius 2 is 1.78 bits per heavy atom. The molecule has 142 valence electrons. The van der Waals surface area contributed by atoms with Gasteiger partial charge in [0, 0.05) is 25.8 Å². The van der Waals surface area contributed by atoms with E-state index in [2.05, 4.69) is 20.9 Å². The number of amides is 1. The smallest absolute Gasteiger partial charge is 0.308 e. The minimum atomic E-state index is -0.497. The summed E-state index contributed by atoms with van der Waals surface area (Å²) in [6.45, 7) is 3.79. The summed E-state index contributed by atoms with van der Waals surface area (Å²) < 4.78 is 4.18. The van der Waals surface area contributed by atoms with Gasteiger partial charge in [0.05, 0.1) is 0 Å². The van der Waals surface area contributed by atoms with E-state index < -0.39 is 11.2 Å². The van der Waals surface area contributed by atoms with E-state index in [4.69, 9.17) is 0 Å². The number of hydrogen-bond acceptors (Lipinski definition) is 4. The van der Waals surface area contributed by atoms with Crippen molar-refractivity contribution >= 4 is 38.7 Å². The third-order valence-electron chi connectivity index (χ3n) is 4.41. The molecule has 0 radical (unpaired) electrons. The molecule has 0 saturated carbocycles. The fraction of sp³-hybridized carbons (Fsp3) is 0.333. The molecule has 0 aliphatic rings. The summed E-state index contributed by atoms with van der Waals surface area (Å²) in [5.41, 5.74) is 0.249. The van der Waals surface area contributed by atoms with Crippen LogP contribution in [-0.2, 0) is 25.4 Å². The molecule has 0 spiro atoms. The molecular weight excluding hydrogens is 414 g/mol. The fourth-order valence-corrected chi connectivity index (χ4v) is 3.60. The zero-order chi connectivity index (χ0) is 19.9. The fourth-order valence-electron chi connectivity index (χ4n) is 3.13. The van der Waals surface area contributed by atoms with Gasteiger partial charge in [-0.3, -0.25) is 23.3 Å². The summed E-state index contributed by atoms with van der Waals surface area (Å²) in [7, 11) is 2.95. The first-order valence-corrected chi connectivity index (χ1v) is 9.22. The molecule has 0 saturated heterocycles. The Morgan fingerprint density at radius 1 is 1.15 bits per heavy atom. The van der Waals surface area contributed by atoms with Gasteiger partial charge in [-0.1, -0.05) is 18.2 Å². The number of fused-ring (bicyclic) bond motifs is 1. The number of halogens is 1. The number of carbonyl (C=O) groups is 1. The SMILES string of the molecule is CC(C)N(C(=O)Cn1c(Br)nc2c(=O)n(C)c(=O)n(C)c21)c1ccccc1. The predicted octanol–water partition coefficient (Wildman–Crippen LogP) is 1.64. The number of imidazole rings is 1. The van der Waals surface area contributed by atoms with Crippen LogP contribution in [0.4, 0.5) is 5.69 Å². The maximum atomic E-state index is 13.1. The molecule has 0 atom stereocenters. The number of benzene rings is 1. The molecule has 2 heterocycles. The average Bonchev–Trinajstić information content (AvgIpc) is 2.95. The first kappa shape index (κ1) is 19.1. The second-order valence-electron chi connectivity index (χ2n) is 6.54. The first-order valence-electron chi connectivity index (χ1n) is 8.43. The van der Waals surface area contributed by atoms with E-state index in [1.807, 2.05) is 44.2 Å². The first-order chi connectivity index (χ1) is 12.7. The van der Waals surface area contributed by atoms with E-state index in [1.54, 1.807) is 16.5 Å². The van der Waals surface area contributed by atoms with Crippen LogP contribution in [0.25, 0.3) is 11.2 Å². The predicted molar refractivity (Wildman–Crippen MR) is 107 cm³/mol. The Balaban J connectivity index is 2.11. The summed E-state index contributed by atoms with van der Waals surface area (Å²) in [6.07, 6.45) is 0. The molecule has 0 aliphatic heterocycles. The highest BCUT2D eigenvalue weighted by Crippen LogP contribution is 2.20. The largest absolute Gasteiger partial charge is 0.332 e. The van der Waals surface area contributed by atoms with Crippen LogP contribution in [-0.4, -0.2) is 30.6 Å². The maximum Gasteiger partial charge on any atom is 0.332 e. The van der Waals surface area contributed by atoms with E-state index in [-0.39, 0.29) is 24.0 Å². The lowest BCUT2D eigenvalue weighted by Crippen LogP contribution is -2.40. The molecule has 3 aromatic rings. The van der Waals surface area contributed by atoms with Crippen molar-refractivity contribution in [3.05, 3.63) is 55.9 Å². The van der Waals surface area contributed by atoms with Crippen molar-refractivity contribution in [3.63, 3.8) is 0 Å². The van der Waals surface area contributed by atoms with Crippen molar-refractivity contribution in [2.45, 2.75) is 26.4 Å². The zero-order valence-electron chi connectivity index (χ0n) is 15.5. The molecule has 9 heteroatoms. The van der Waals surface area contributed by atoms with Gasteiger partial charge >= 0.3 is 5.69 Å². The quantitative estimate of drug-likeness (QED) is 0.585. The van der Waals surface area contributed by atoms with E-state index in [9.17, 15) is 14.4 Å². The van der Waals surface area contributed by atoms with Crippen molar-refractivity contribution in [2.24, 2.45) is 14.1 Å². The van der Waals surface area contributed by atoms with Crippen molar-refractivity contribution < 1.29 is 4.79 Å². The summed E-state index contributed by atoms with van der Waals surface area (Å²) in [5.74, 6) is -0.177. The number of nitrogens with zero attached hydrogens (tertiary/aromatic N) is 5. The molecule has 0 bridgehead atoms. The van der Waals surface area contributed by atoms with E-state index >= 15 is 0 Å². The highest BCUT2D eigenvalue weighted by molar-refractivity contribution is 9.10. The highest BCUT2D eigenvalue weighted by Gasteiger charge is 2.24. The second-order valence-corrected chi connectivity index (χ2v) is 7.25. The van der Waals surface area contributed by atoms with Crippen LogP contribution in [0.1, 0.15) is 13.8 Å². The van der Waals surface area contributed by atoms with Crippen molar-refractivity contribution in [3.8, 4) is 0 Å². The van der Waals surface area contributed by atoms with E-state index in [0.29, 0.717) is 10.4 Å². The molecule has 8 nitrogen and oxygen atoms in total. The van der Waals surface area contributed by atoms with Crippen LogP contribution in [0.3, 0.4) is 0 Å². The van der Waals surface area contributed by atoms with Crippen molar-refractivity contribution in [1.29, 1.82) is 0 Å². The minimum absolute atomic E-state index is 0.0647. The van der Waals surface area contributed by atoms with Crippen LogP contribution in [0.5, 0.6) is 0 Å². The van der Waals surface area contributed by atoms with Crippen LogP contribution in [0.15, 0.2) is 44.7 Å². The number of carbonyl (C=O) groups excluding carboxylic acids is 1. The monoisotopic (exact) mass is 433 g/mol. The lowest BCUT2D eigenvalue weighted by molar-refractivity contribution is -0.119. The molecule has 1 amide bonds. The Hall–Kier alpha value is -2.68. The Kier molecular flexibility index (Phi) is 5.05. The van der Waals surface area contributed by atoms with E-state index in [0.717, 1.165) is 10.3 Å². The van der Waals surface area contributed by atoms with Gasteiger partial charge in [0.15, 0.2) is 15.9 Å². The molecular formula is C18H20BrN5O3. The number of anilines is 1. The van der Waals surface area contributed by atoms with Crippen LogP contribution < -0.4 is 16.1 Å². The number of hydrogen-bond donors (Lipinski definition) is 0. The Bertz CT molecular complexity index is 1130. The van der Waals surface area contributed by atoms with Crippen molar-refractivity contribution in [1.82, 2.24) is 18.7 Å². The lowest BCUT2D eigenvalue weighted by Gasteiger charge is -2.27. The molecule has 3 rings (SSSR count). The summed E-state index contributed by atoms with van der Waals surface area (Å²) in [4.78, 5) is 43.6. The number of aromatic nitrogens is 4. The molecule has 0 fully saturated rings. The molecule has 2 aromatic heterocycles. The van der Waals surface area contributed by atoms with Gasteiger partial charge in [0.25, 0.3) is 5.56 Å². The van der Waals surface area contributed by atoms with Gasteiger partial charge in [0.2, 0.25) is 5.91 Å². The van der Waals surface area contributed by atoms with Crippen LogP contribution in [0.2, 0.25) is 0 Å². The number of rotatable bonds is 4. The van der Waals surface area contributed by atoms with Gasteiger partial charge in [-0.05, 0) is 41.9 Å². The average molecular weight is 434 g/mol. The van der Waals surface area contributed by atoms with Gasteiger partial charge in [0.1, 0.15) is 6.54 Å². The summed E-state index contributed by atoms with van der Waals surface area (Å²) in [6, 6.07) is 9.29. The standard InChI is InChI=1S/C18H20BrN5O3/c1-11(2)24(12-8-6-5-7-9-12)13(25)10-23-15-14(20-17(23)19)16(26)22(4)18(27)21(15)3/h5-9,11H,10H2,1-4H3. The van der Waals surface area contributed by atoms with Gasteiger partial charge < -0.3 is 4.90 Å². The molecule has 0 aliphatic carbocycles. The van der Waals surface area contributed by atoms with E-state index in [1.165, 1.54) is 11.6 Å². The summed E-state index contributed by atoms with van der Waals surface area (Å²) in [5, 5.41) is 0. The topological polar surface area (TPSA) is 82.1 Å². The molecule has 0 unspecified atom stereocenters. The number of para-hydroxylation sites is 1. The van der Waals surface area contributed by atoms with Gasteiger partial charge in [-0.25, -0.2) is 9.78 Å². The van der Waals surface area contributed by atoms with Crippen LogP contribution in [0, 0.1) is 0 Å². The maximum absolute atomic E-state index is 13.1. The summed E-state index contributed by atoms with van der Waals surface area (Å²) >= 11 is 3.32. The highest BCUT2D eigenvalue weighted by atomic mass is 79.9. The Morgan fingerprint density at radius 3 is 2.37 bits per heavy atom. The van der Waals surface area contributed by atoms with Crippen LogP contribution >= 0.6 is 15.9 Å². The molecule has 0 N–H and O–H groups in total. The van der Waals surface area contributed by atoms with Gasteiger partial charge in [-0.2, -0.15) is 0 Å². The third-order valence-corrected chi connectivity index (χ3v) is 5.01. The molecule has 27 heavy (non-hydrogen) atoms. The second kappa shape index (κ2) is 7.15. The third kappa shape index (κ3) is 3.23. The Labute approximate surface area is 163 Å². The normalized spacial score (nSPS) is 11.3. The number of aryl methyl sites for hydroxylation is 1. The lowest BCUT2D eigenvalue weighted by atomic mass is 10.2. The van der Waals surface area contributed by atoms with Crippen molar-refractivity contribution in [2.75, 3.05) is 4.90 Å².